The summed E-state index contributed by atoms with van der Waals surface area (Å²) in [5.74, 6) is 1.28. The lowest BCUT2D eigenvalue weighted by Gasteiger charge is -2.03. The summed E-state index contributed by atoms with van der Waals surface area (Å²) in [6.45, 7) is 1.40. The number of methoxy groups -OCH3 is 1. The number of ether oxygens (including phenoxy) is 1. The van der Waals surface area contributed by atoms with E-state index in [0.717, 1.165) is 23.6 Å². The molecule has 2 aromatic heterocycles. The monoisotopic (exact) mass is 322 g/mol. The minimum atomic E-state index is -0.345. The quantitative estimate of drug-likeness (QED) is 0.705. The predicted octanol–water partition coefficient (Wildman–Crippen LogP) is 3.42. The second kappa shape index (κ2) is 7.57. The van der Waals surface area contributed by atoms with Gasteiger partial charge in [-0.05, 0) is 42.0 Å². The van der Waals surface area contributed by atoms with Crippen LogP contribution in [0.1, 0.15) is 21.7 Å². The molecule has 0 saturated heterocycles. The van der Waals surface area contributed by atoms with Crippen molar-refractivity contribution in [2.45, 2.75) is 13.1 Å². The van der Waals surface area contributed by atoms with Crippen LogP contribution in [0.5, 0.6) is 0 Å². The van der Waals surface area contributed by atoms with Gasteiger partial charge < -0.3 is 14.5 Å². The molecule has 1 aromatic carbocycles. The Labute approximate surface area is 140 Å². The van der Waals surface area contributed by atoms with Crippen LogP contribution in [0.25, 0.3) is 11.3 Å². The van der Waals surface area contributed by atoms with E-state index in [4.69, 9.17) is 9.15 Å². The molecule has 2 heterocycles. The lowest BCUT2D eigenvalue weighted by atomic mass is 10.1. The van der Waals surface area contributed by atoms with E-state index in [9.17, 15) is 4.79 Å². The van der Waals surface area contributed by atoms with Crippen molar-refractivity contribution in [3.63, 3.8) is 0 Å². The first-order valence-corrected chi connectivity index (χ1v) is 7.63. The summed E-state index contributed by atoms with van der Waals surface area (Å²) in [7, 11) is 1.37. The highest BCUT2D eigenvalue weighted by Crippen LogP contribution is 2.22. The fourth-order valence-electron chi connectivity index (χ4n) is 2.35. The van der Waals surface area contributed by atoms with Crippen LogP contribution in [-0.4, -0.2) is 18.1 Å². The number of esters is 1. The van der Waals surface area contributed by atoms with Gasteiger partial charge in [-0.1, -0.05) is 12.1 Å². The summed E-state index contributed by atoms with van der Waals surface area (Å²) in [6, 6.07) is 15.0. The second-order valence-electron chi connectivity index (χ2n) is 5.29. The molecule has 3 rings (SSSR count). The molecule has 0 aliphatic rings. The summed E-state index contributed by atoms with van der Waals surface area (Å²) in [5.41, 5.74) is 2.62. The van der Waals surface area contributed by atoms with Crippen molar-refractivity contribution in [3.8, 4) is 11.3 Å². The number of carbonyl (C=O) groups excluding carboxylic acids is 1. The minimum absolute atomic E-state index is 0.345. The summed E-state index contributed by atoms with van der Waals surface area (Å²) in [6.07, 6.45) is 3.56. The number of pyridine rings is 1. The number of nitrogens with one attached hydrogen (secondary N) is 1. The Bertz CT molecular complexity index is 795. The zero-order valence-electron chi connectivity index (χ0n) is 13.4. The van der Waals surface area contributed by atoms with Gasteiger partial charge in [0.1, 0.15) is 11.5 Å². The topological polar surface area (TPSA) is 64.4 Å². The Balaban J connectivity index is 1.60. The number of rotatable bonds is 6. The van der Waals surface area contributed by atoms with Gasteiger partial charge in [0.2, 0.25) is 0 Å². The van der Waals surface area contributed by atoms with Crippen molar-refractivity contribution in [1.82, 2.24) is 10.3 Å². The molecule has 0 aliphatic carbocycles. The Morgan fingerprint density at radius 2 is 1.79 bits per heavy atom. The SMILES string of the molecule is COC(=O)c1ccc(-c2ccc(CNCc3ccncc3)o2)cc1. The number of nitrogens with zero attached hydrogens (tertiary/aromatic N) is 1. The van der Waals surface area contributed by atoms with E-state index < -0.39 is 0 Å². The predicted molar refractivity (Wildman–Crippen MR) is 90.3 cm³/mol. The molecule has 0 bridgehead atoms. The number of aromatic nitrogens is 1. The highest BCUT2D eigenvalue weighted by atomic mass is 16.5. The molecule has 0 spiro atoms. The van der Waals surface area contributed by atoms with E-state index in [-0.39, 0.29) is 5.97 Å². The molecule has 0 amide bonds. The summed E-state index contributed by atoms with van der Waals surface area (Å²) < 4.78 is 10.5. The van der Waals surface area contributed by atoms with E-state index >= 15 is 0 Å². The maximum Gasteiger partial charge on any atom is 0.337 e. The third kappa shape index (κ3) is 3.88. The molecule has 0 unspecified atom stereocenters. The van der Waals surface area contributed by atoms with Crippen LogP contribution in [0.15, 0.2) is 65.3 Å². The van der Waals surface area contributed by atoms with Gasteiger partial charge in [-0.2, -0.15) is 0 Å². The first kappa shape index (κ1) is 16.0. The van der Waals surface area contributed by atoms with E-state index in [2.05, 4.69) is 10.3 Å². The fraction of sp³-hybridized carbons (Fsp3) is 0.158. The molecule has 5 nitrogen and oxygen atoms in total. The maximum absolute atomic E-state index is 11.4. The molecule has 122 valence electrons. The van der Waals surface area contributed by atoms with Crippen LogP contribution in [0.2, 0.25) is 0 Å². The van der Waals surface area contributed by atoms with Crippen molar-refractivity contribution >= 4 is 5.97 Å². The number of hydrogen-bond acceptors (Lipinski definition) is 5. The van der Waals surface area contributed by atoms with Crippen LogP contribution < -0.4 is 5.32 Å². The van der Waals surface area contributed by atoms with Crippen LogP contribution in [0, 0.1) is 0 Å². The van der Waals surface area contributed by atoms with E-state index in [1.165, 1.54) is 12.7 Å². The van der Waals surface area contributed by atoms with Crippen LogP contribution in [0.3, 0.4) is 0 Å². The number of furan rings is 1. The summed E-state index contributed by atoms with van der Waals surface area (Å²) >= 11 is 0. The third-order valence-corrected chi connectivity index (χ3v) is 3.63. The number of hydrogen-bond donors (Lipinski definition) is 1. The third-order valence-electron chi connectivity index (χ3n) is 3.63. The lowest BCUT2D eigenvalue weighted by Crippen LogP contribution is -2.11. The summed E-state index contributed by atoms with van der Waals surface area (Å²) in [5, 5.41) is 3.33. The molecule has 3 aromatic rings. The second-order valence-corrected chi connectivity index (χ2v) is 5.29. The summed E-state index contributed by atoms with van der Waals surface area (Å²) in [4.78, 5) is 15.4. The highest BCUT2D eigenvalue weighted by molar-refractivity contribution is 5.89. The molecule has 1 N–H and O–H groups in total. The molecular weight excluding hydrogens is 304 g/mol. The zero-order chi connectivity index (χ0) is 16.8. The Hall–Kier alpha value is -2.92. The van der Waals surface area contributed by atoms with Crippen molar-refractivity contribution in [2.75, 3.05) is 7.11 Å². The number of benzene rings is 1. The molecule has 0 aliphatic heterocycles. The molecule has 0 fully saturated rings. The molecule has 0 atom stereocenters. The minimum Gasteiger partial charge on any atom is -0.465 e. The largest absolute Gasteiger partial charge is 0.465 e. The molecule has 0 radical (unpaired) electrons. The van der Waals surface area contributed by atoms with Crippen LogP contribution in [0.4, 0.5) is 0 Å². The molecular formula is C19H18N2O3. The lowest BCUT2D eigenvalue weighted by molar-refractivity contribution is 0.0600. The molecule has 24 heavy (non-hydrogen) atoms. The van der Waals surface area contributed by atoms with Gasteiger partial charge >= 0.3 is 5.97 Å². The van der Waals surface area contributed by atoms with E-state index in [1.807, 2.05) is 36.4 Å². The van der Waals surface area contributed by atoms with Gasteiger partial charge in [0.05, 0.1) is 19.2 Å². The van der Waals surface area contributed by atoms with Crippen molar-refractivity contribution in [3.05, 3.63) is 77.8 Å². The van der Waals surface area contributed by atoms with E-state index in [0.29, 0.717) is 12.1 Å². The van der Waals surface area contributed by atoms with Gasteiger partial charge in [0, 0.05) is 24.5 Å². The average molecular weight is 322 g/mol. The Morgan fingerprint density at radius 1 is 1.04 bits per heavy atom. The van der Waals surface area contributed by atoms with Gasteiger partial charge in [-0.3, -0.25) is 4.98 Å². The fourth-order valence-corrected chi connectivity index (χ4v) is 2.35. The van der Waals surface area contributed by atoms with Gasteiger partial charge in [-0.15, -0.1) is 0 Å². The number of carbonyl (C=O) groups is 1. The highest BCUT2D eigenvalue weighted by Gasteiger charge is 2.08. The van der Waals surface area contributed by atoms with Crippen molar-refractivity contribution < 1.29 is 13.9 Å². The van der Waals surface area contributed by atoms with Gasteiger partial charge in [0.15, 0.2) is 0 Å². The zero-order valence-corrected chi connectivity index (χ0v) is 13.4. The Morgan fingerprint density at radius 3 is 2.50 bits per heavy atom. The standard InChI is InChI=1S/C19H18N2O3/c1-23-19(22)16-4-2-15(3-5-16)18-7-6-17(24-18)13-21-12-14-8-10-20-11-9-14/h2-11,21H,12-13H2,1H3. The molecule has 5 heteroatoms. The van der Waals surface area contributed by atoms with E-state index in [1.54, 1.807) is 24.5 Å². The van der Waals surface area contributed by atoms with Gasteiger partial charge in [-0.25, -0.2) is 4.79 Å². The normalized spacial score (nSPS) is 10.5. The Kier molecular flexibility index (Phi) is 5.03. The van der Waals surface area contributed by atoms with Crippen LogP contribution in [-0.2, 0) is 17.8 Å². The first-order valence-electron chi connectivity index (χ1n) is 7.63. The van der Waals surface area contributed by atoms with Crippen molar-refractivity contribution in [1.29, 1.82) is 0 Å². The molecule has 0 saturated carbocycles. The smallest absolute Gasteiger partial charge is 0.337 e. The maximum atomic E-state index is 11.4. The first-order chi connectivity index (χ1) is 11.8. The van der Waals surface area contributed by atoms with Gasteiger partial charge in [0.25, 0.3) is 0 Å². The van der Waals surface area contributed by atoms with Crippen molar-refractivity contribution in [2.24, 2.45) is 0 Å². The van der Waals surface area contributed by atoms with Crippen LogP contribution >= 0.6 is 0 Å². The average Bonchev–Trinajstić information content (AvgIpc) is 3.11.